The molecule has 0 saturated carbocycles. The van der Waals surface area contributed by atoms with Gasteiger partial charge in [0, 0.05) is 16.2 Å². The summed E-state index contributed by atoms with van der Waals surface area (Å²) in [5.74, 6) is 0. The highest BCUT2D eigenvalue weighted by atomic mass is 79.9. The molecule has 0 aliphatic heterocycles. The second-order valence-corrected chi connectivity index (χ2v) is 3.63. The van der Waals surface area contributed by atoms with Crippen molar-refractivity contribution in [3.8, 4) is 0 Å². The molecule has 1 rings (SSSR count). The number of hydrogen-bond donors (Lipinski definition) is 1. The monoisotopic (exact) mass is 213 g/mol. The molecule has 0 amide bonds. The van der Waals surface area contributed by atoms with Gasteiger partial charge in [0.1, 0.15) is 0 Å². The lowest BCUT2D eigenvalue weighted by atomic mass is 10.3. The third-order valence-corrected chi connectivity index (χ3v) is 2.01. The molecule has 0 aromatic heterocycles. The van der Waals surface area contributed by atoms with Crippen LogP contribution in [0.4, 0.5) is 5.69 Å². The Morgan fingerprint density at radius 1 is 1.27 bits per heavy atom. The highest BCUT2D eigenvalue weighted by Gasteiger charge is 1.97. The molecule has 0 bridgehead atoms. The highest BCUT2D eigenvalue weighted by Crippen LogP contribution is 2.21. The van der Waals surface area contributed by atoms with E-state index in [-0.39, 0.29) is 0 Å². The summed E-state index contributed by atoms with van der Waals surface area (Å²) < 4.78 is 1.12. The summed E-state index contributed by atoms with van der Waals surface area (Å²) >= 11 is 3.46. The molecule has 1 aromatic carbocycles. The second kappa shape index (κ2) is 3.77. The molecular formula is C9H12BrN. The average molecular weight is 214 g/mol. The van der Waals surface area contributed by atoms with E-state index in [1.165, 1.54) is 0 Å². The van der Waals surface area contributed by atoms with Crippen LogP contribution in [-0.4, -0.2) is 6.04 Å². The summed E-state index contributed by atoms with van der Waals surface area (Å²) in [5, 5.41) is 3.33. The van der Waals surface area contributed by atoms with Crippen molar-refractivity contribution >= 4 is 21.6 Å². The molecule has 0 atom stereocenters. The van der Waals surface area contributed by atoms with Crippen LogP contribution in [-0.2, 0) is 0 Å². The van der Waals surface area contributed by atoms with Crippen LogP contribution in [0, 0.1) is 0 Å². The number of halogens is 1. The highest BCUT2D eigenvalue weighted by molar-refractivity contribution is 9.10. The molecule has 0 radical (unpaired) electrons. The molecule has 1 N–H and O–H groups in total. The van der Waals surface area contributed by atoms with Crippen molar-refractivity contribution < 1.29 is 0 Å². The third kappa shape index (κ3) is 2.54. The third-order valence-electron chi connectivity index (χ3n) is 1.32. The lowest BCUT2D eigenvalue weighted by Crippen LogP contribution is -2.09. The first-order valence-electron chi connectivity index (χ1n) is 3.71. The Kier molecular flexibility index (Phi) is 2.94. The van der Waals surface area contributed by atoms with Crippen molar-refractivity contribution in [1.82, 2.24) is 0 Å². The number of para-hydroxylation sites is 1. The first-order valence-corrected chi connectivity index (χ1v) is 4.50. The van der Waals surface area contributed by atoms with Crippen LogP contribution in [0.2, 0.25) is 0 Å². The van der Waals surface area contributed by atoms with E-state index in [1.807, 2.05) is 18.2 Å². The Hall–Kier alpha value is -0.500. The maximum Gasteiger partial charge on any atom is 0.0486 e. The molecule has 0 aliphatic rings. The van der Waals surface area contributed by atoms with Gasteiger partial charge in [-0.3, -0.25) is 0 Å². The fraction of sp³-hybridized carbons (Fsp3) is 0.333. The van der Waals surface area contributed by atoms with Gasteiger partial charge in [-0.05, 0) is 41.9 Å². The fourth-order valence-corrected chi connectivity index (χ4v) is 1.29. The standard InChI is InChI=1S/C9H12BrN/c1-7(2)11-9-6-4-3-5-8(9)10/h3-7,11H,1-2H3. The average Bonchev–Trinajstić information content (AvgIpc) is 1.93. The quantitative estimate of drug-likeness (QED) is 0.796. The van der Waals surface area contributed by atoms with Crippen LogP contribution in [0.1, 0.15) is 13.8 Å². The summed E-state index contributed by atoms with van der Waals surface area (Å²) in [6.07, 6.45) is 0. The molecule has 0 aliphatic carbocycles. The van der Waals surface area contributed by atoms with E-state index in [4.69, 9.17) is 0 Å². The zero-order valence-corrected chi connectivity index (χ0v) is 8.35. The normalized spacial score (nSPS) is 10.2. The zero-order valence-electron chi connectivity index (χ0n) is 6.76. The van der Waals surface area contributed by atoms with E-state index in [9.17, 15) is 0 Å². The number of benzene rings is 1. The summed E-state index contributed by atoms with van der Waals surface area (Å²) in [6, 6.07) is 8.61. The predicted octanol–water partition coefficient (Wildman–Crippen LogP) is 3.27. The largest absolute Gasteiger partial charge is 0.382 e. The van der Waals surface area contributed by atoms with Crippen LogP contribution in [0.15, 0.2) is 28.7 Å². The van der Waals surface area contributed by atoms with Gasteiger partial charge in [0.25, 0.3) is 0 Å². The first-order chi connectivity index (χ1) is 5.20. The lowest BCUT2D eigenvalue weighted by molar-refractivity contribution is 0.898. The Morgan fingerprint density at radius 3 is 2.45 bits per heavy atom. The molecule has 0 unspecified atom stereocenters. The minimum Gasteiger partial charge on any atom is -0.382 e. The van der Waals surface area contributed by atoms with Crippen LogP contribution in [0.5, 0.6) is 0 Å². The molecule has 0 heterocycles. The van der Waals surface area contributed by atoms with Crippen molar-refractivity contribution in [3.63, 3.8) is 0 Å². The molecule has 60 valence electrons. The summed E-state index contributed by atoms with van der Waals surface area (Å²) in [7, 11) is 0. The van der Waals surface area contributed by atoms with Crippen molar-refractivity contribution in [2.45, 2.75) is 19.9 Å². The number of nitrogens with one attached hydrogen (secondary N) is 1. The topological polar surface area (TPSA) is 12.0 Å². The molecule has 0 fully saturated rings. The minimum atomic E-state index is 0.480. The van der Waals surface area contributed by atoms with Gasteiger partial charge in [-0.1, -0.05) is 12.1 Å². The number of rotatable bonds is 2. The number of anilines is 1. The lowest BCUT2D eigenvalue weighted by Gasteiger charge is -2.10. The first kappa shape index (κ1) is 8.60. The Balaban J connectivity index is 2.78. The molecule has 0 saturated heterocycles. The van der Waals surface area contributed by atoms with Gasteiger partial charge < -0.3 is 5.32 Å². The molecule has 11 heavy (non-hydrogen) atoms. The summed E-state index contributed by atoms with van der Waals surface area (Å²) in [4.78, 5) is 0. The maximum atomic E-state index is 3.46. The van der Waals surface area contributed by atoms with Crippen LogP contribution >= 0.6 is 15.9 Å². The minimum absolute atomic E-state index is 0.480. The smallest absolute Gasteiger partial charge is 0.0486 e. The van der Waals surface area contributed by atoms with Gasteiger partial charge in [0.05, 0.1) is 0 Å². The molecule has 0 spiro atoms. The summed E-state index contributed by atoms with van der Waals surface area (Å²) in [5.41, 5.74) is 1.16. The van der Waals surface area contributed by atoms with Crippen molar-refractivity contribution in [1.29, 1.82) is 0 Å². The number of hydrogen-bond acceptors (Lipinski definition) is 1. The van der Waals surface area contributed by atoms with Crippen molar-refractivity contribution in [3.05, 3.63) is 28.7 Å². The van der Waals surface area contributed by atoms with Gasteiger partial charge in [0.15, 0.2) is 0 Å². The van der Waals surface area contributed by atoms with Crippen LogP contribution in [0.3, 0.4) is 0 Å². The molecule has 1 aromatic rings. The van der Waals surface area contributed by atoms with E-state index in [2.05, 4.69) is 41.2 Å². The maximum absolute atomic E-state index is 3.46. The Morgan fingerprint density at radius 2 is 1.91 bits per heavy atom. The zero-order chi connectivity index (χ0) is 8.27. The van der Waals surface area contributed by atoms with Crippen molar-refractivity contribution in [2.24, 2.45) is 0 Å². The van der Waals surface area contributed by atoms with Gasteiger partial charge >= 0.3 is 0 Å². The predicted molar refractivity (Wildman–Crippen MR) is 52.9 cm³/mol. The van der Waals surface area contributed by atoms with E-state index < -0.39 is 0 Å². The molecule has 1 nitrogen and oxygen atoms in total. The summed E-state index contributed by atoms with van der Waals surface area (Å²) in [6.45, 7) is 4.25. The Labute approximate surface area is 75.9 Å². The van der Waals surface area contributed by atoms with Crippen LogP contribution < -0.4 is 5.32 Å². The van der Waals surface area contributed by atoms with Crippen LogP contribution in [0.25, 0.3) is 0 Å². The van der Waals surface area contributed by atoms with E-state index in [0.717, 1.165) is 10.2 Å². The molecular weight excluding hydrogens is 202 g/mol. The fourth-order valence-electron chi connectivity index (χ4n) is 0.889. The van der Waals surface area contributed by atoms with Gasteiger partial charge in [-0.15, -0.1) is 0 Å². The van der Waals surface area contributed by atoms with E-state index >= 15 is 0 Å². The van der Waals surface area contributed by atoms with E-state index in [1.54, 1.807) is 0 Å². The van der Waals surface area contributed by atoms with Gasteiger partial charge in [0.2, 0.25) is 0 Å². The van der Waals surface area contributed by atoms with Gasteiger partial charge in [-0.25, -0.2) is 0 Å². The SMILES string of the molecule is CC(C)Nc1ccccc1Br. The van der Waals surface area contributed by atoms with Gasteiger partial charge in [-0.2, -0.15) is 0 Å². The Bertz CT molecular complexity index is 233. The molecule has 2 heteroatoms. The second-order valence-electron chi connectivity index (χ2n) is 2.78. The van der Waals surface area contributed by atoms with Crippen molar-refractivity contribution in [2.75, 3.05) is 5.32 Å². The van der Waals surface area contributed by atoms with E-state index in [0.29, 0.717) is 6.04 Å².